The molecule has 3 heteroatoms. The van der Waals surface area contributed by atoms with Crippen molar-refractivity contribution in [2.45, 2.75) is 18.9 Å². The van der Waals surface area contributed by atoms with Crippen molar-refractivity contribution in [1.29, 1.82) is 0 Å². The number of hydrogen-bond donors (Lipinski definition) is 1. The number of rotatable bonds is 1. The lowest BCUT2D eigenvalue weighted by molar-refractivity contribution is 0.569. The summed E-state index contributed by atoms with van der Waals surface area (Å²) in [4.78, 5) is 0. The molecule has 0 bridgehead atoms. The Labute approximate surface area is 75.8 Å². The van der Waals surface area contributed by atoms with E-state index in [0.29, 0.717) is 12.0 Å². The summed E-state index contributed by atoms with van der Waals surface area (Å²) < 4.78 is 26.1. The molecule has 1 nitrogen and oxygen atoms in total. The molecular weight excluding hydrogens is 172 g/mol. The summed E-state index contributed by atoms with van der Waals surface area (Å²) in [5, 5.41) is 3.04. The largest absolute Gasteiger partial charge is 0.313 e. The Morgan fingerprint density at radius 2 is 2.15 bits per heavy atom. The Morgan fingerprint density at radius 1 is 1.38 bits per heavy atom. The maximum absolute atomic E-state index is 13.2. The van der Waals surface area contributed by atoms with Gasteiger partial charge in [-0.15, -0.1) is 0 Å². The van der Waals surface area contributed by atoms with Crippen LogP contribution in [0.3, 0.4) is 0 Å². The lowest BCUT2D eigenvalue weighted by Gasteiger charge is -2.09. The highest BCUT2D eigenvalue weighted by Gasteiger charge is 2.24. The van der Waals surface area contributed by atoms with Gasteiger partial charge in [0.1, 0.15) is 11.6 Å². The second kappa shape index (κ2) is 3.07. The van der Waals surface area contributed by atoms with E-state index in [9.17, 15) is 8.78 Å². The number of nitrogens with one attached hydrogen (secondary N) is 1. The zero-order chi connectivity index (χ0) is 9.42. The number of benzene rings is 1. The molecule has 0 heterocycles. The summed E-state index contributed by atoms with van der Waals surface area (Å²) in [5.41, 5.74) is 1.45. The first-order chi connectivity index (χ1) is 6.22. The van der Waals surface area contributed by atoms with Gasteiger partial charge in [-0.3, -0.25) is 0 Å². The molecular formula is C10H11F2N. The summed E-state index contributed by atoms with van der Waals surface area (Å²) in [5.74, 6) is -0.897. The van der Waals surface area contributed by atoms with Crippen LogP contribution in [0.25, 0.3) is 0 Å². The molecule has 0 saturated carbocycles. The van der Waals surface area contributed by atoms with Gasteiger partial charge >= 0.3 is 0 Å². The summed E-state index contributed by atoms with van der Waals surface area (Å²) in [6, 6.07) is 2.49. The minimum atomic E-state index is -0.488. The van der Waals surface area contributed by atoms with E-state index in [0.717, 1.165) is 18.1 Å². The summed E-state index contributed by atoms with van der Waals surface area (Å²) >= 11 is 0. The van der Waals surface area contributed by atoms with Gasteiger partial charge in [0.2, 0.25) is 0 Å². The van der Waals surface area contributed by atoms with Gasteiger partial charge < -0.3 is 5.32 Å². The highest BCUT2D eigenvalue weighted by Crippen LogP contribution is 2.32. The van der Waals surface area contributed by atoms with E-state index in [-0.39, 0.29) is 6.04 Å². The van der Waals surface area contributed by atoms with Gasteiger partial charge in [-0.2, -0.15) is 0 Å². The second-order valence-electron chi connectivity index (χ2n) is 3.34. The van der Waals surface area contributed by atoms with Gasteiger partial charge in [0, 0.05) is 12.1 Å². The molecule has 1 aromatic carbocycles. The van der Waals surface area contributed by atoms with Crippen molar-refractivity contribution in [1.82, 2.24) is 5.32 Å². The molecule has 0 aromatic heterocycles. The predicted molar refractivity (Wildman–Crippen MR) is 46.5 cm³/mol. The minimum absolute atomic E-state index is 0.111. The molecule has 1 aliphatic carbocycles. The Morgan fingerprint density at radius 3 is 2.85 bits per heavy atom. The standard InChI is InChI=1S/C10H11F2N/c1-13-10-3-2-7-8(10)4-6(11)5-9(7)12/h4-5,10,13H,2-3H2,1H3/t10-/m0/s1. The average Bonchev–Trinajstić information content (AvgIpc) is 2.47. The third-order valence-corrected chi connectivity index (χ3v) is 2.60. The topological polar surface area (TPSA) is 12.0 Å². The fourth-order valence-electron chi connectivity index (χ4n) is 1.94. The van der Waals surface area contributed by atoms with E-state index in [1.54, 1.807) is 0 Å². The van der Waals surface area contributed by atoms with Crippen LogP contribution in [0.2, 0.25) is 0 Å². The van der Waals surface area contributed by atoms with Crippen molar-refractivity contribution in [3.8, 4) is 0 Å². The zero-order valence-electron chi connectivity index (χ0n) is 7.40. The summed E-state index contributed by atoms with van der Waals surface area (Å²) in [6.45, 7) is 0. The monoisotopic (exact) mass is 183 g/mol. The Balaban J connectivity index is 2.51. The van der Waals surface area contributed by atoms with Crippen LogP contribution in [0.15, 0.2) is 12.1 Å². The summed E-state index contributed by atoms with van der Waals surface area (Å²) in [6.07, 6.45) is 1.55. The quantitative estimate of drug-likeness (QED) is 0.703. The fourth-order valence-corrected chi connectivity index (χ4v) is 1.94. The van der Waals surface area contributed by atoms with Gasteiger partial charge in [0.05, 0.1) is 0 Å². The maximum atomic E-state index is 13.2. The first kappa shape index (κ1) is 8.63. The molecule has 0 aliphatic heterocycles. The van der Waals surface area contributed by atoms with Crippen molar-refractivity contribution in [3.05, 3.63) is 34.9 Å². The Bertz CT molecular complexity index is 336. The fraction of sp³-hybridized carbons (Fsp3) is 0.400. The molecule has 1 N–H and O–H groups in total. The van der Waals surface area contributed by atoms with Crippen LogP contribution in [0.1, 0.15) is 23.6 Å². The van der Waals surface area contributed by atoms with Gasteiger partial charge in [-0.05, 0) is 37.1 Å². The van der Waals surface area contributed by atoms with Crippen molar-refractivity contribution >= 4 is 0 Å². The molecule has 0 spiro atoms. The normalized spacial score (nSPS) is 20.4. The van der Waals surface area contributed by atoms with E-state index < -0.39 is 11.6 Å². The van der Waals surface area contributed by atoms with E-state index in [1.807, 2.05) is 7.05 Å². The third-order valence-electron chi connectivity index (χ3n) is 2.60. The molecule has 1 aromatic rings. The molecule has 0 amide bonds. The number of fused-ring (bicyclic) bond motifs is 1. The zero-order valence-corrected chi connectivity index (χ0v) is 7.40. The maximum Gasteiger partial charge on any atom is 0.129 e. The molecule has 0 saturated heterocycles. The Hall–Kier alpha value is -0.960. The van der Waals surface area contributed by atoms with Gasteiger partial charge in [-0.25, -0.2) is 8.78 Å². The molecule has 70 valence electrons. The van der Waals surface area contributed by atoms with Crippen LogP contribution in [0.4, 0.5) is 8.78 Å². The van der Waals surface area contributed by atoms with Gasteiger partial charge in [-0.1, -0.05) is 0 Å². The second-order valence-corrected chi connectivity index (χ2v) is 3.34. The van der Waals surface area contributed by atoms with Crippen LogP contribution >= 0.6 is 0 Å². The van der Waals surface area contributed by atoms with Crippen molar-refractivity contribution in [3.63, 3.8) is 0 Å². The first-order valence-electron chi connectivity index (χ1n) is 4.37. The van der Waals surface area contributed by atoms with Crippen molar-refractivity contribution in [2.24, 2.45) is 0 Å². The van der Waals surface area contributed by atoms with Crippen LogP contribution < -0.4 is 5.32 Å². The number of halogens is 2. The van der Waals surface area contributed by atoms with E-state index in [2.05, 4.69) is 5.32 Å². The van der Waals surface area contributed by atoms with Crippen LogP contribution in [0, 0.1) is 11.6 Å². The Kier molecular flexibility index (Phi) is 2.04. The van der Waals surface area contributed by atoms with Crippen molar-refractivity contribution < 1.29 is 8.78 Å². The lowest BCUT2D eigenvalue weighted by atomic mass is 10.1. The van der Waals surface area contributed by atoms with E-state index >= 15 is 0 Å². The van der Waals surface area contributed by atoms with Crippen LogP contribution in [-0.2, 0) is 6.42 Å². The lowest BCUT2D eigenvalue weighted by Crippen LogP contribution is -2.13. The average molecular weight is 183 g/mol. The van der Waals surface area contributed by atoms with Crippen LogP contribution in [-0.4, -0.2) is 7.05 Å². The highest BCUT2D eigenvalue weighted by molar-refractivity contribution is 5.36. The number of hydrogen-bond acceptors (Lipinski definition) is 1. The molecule has 0 radical (unpaired) electrons. The van der Waals surface area contributed by atoms with Gasteiger partial charge in [0.25, 0.3) is 0 Å². The minimum Gasteiger partial charge on any atom is -0.313 e. The van der Waals surface area contributed by atoms with Crippen molar-refractivity contribution in [2.75, 3.05) is 7.05 Å². The summed E-state index contributed by atoms with van der Waals surface area (Å²) in [7, 11) is 1.81. The molecule has 1 atom stereocenters. The third kappa shape index (κ3) is 1.33. The molecule has 0 unspecified atom stereocenters. The smallest absolute Gasteiger partial charge is 0.129 e. The van der Waals surface area contributed by atoms with E-state index in [1.165, 1.54) is 6.07 Å². The SMILES string of the molecule is CN[C@H]1CCc2c(F)cc(F)cc21. The van der Waals surface area contributed by atoms with E-state index in [4.69, 9.17) is 0 Å². The van der Waals surface area contributed by atoms with Crippen LogP contribution in [0.5, 0.6) is 0 Å². The molecule has 13 heavy (non-hydrogen) atoms. The molecule has 1 aliphatic rings. The first-order valence-corrected chi connectivity index (χ1v) is 4.37. The highest BCUT2D eigenvalue weighted by atomic mass is 19.1. The molecule has 2 rings (SSSR count). The predicted octanol–water partition coefficient (Wildman–Crippen LogP) is 2.17. The van der Waals surface area contributed by atoms with Gasteiger partial charge in [0.15, 0.2) is 0 Å². The molecule has 0 fully saturated rings.